The van der Waals surface area contributed by atoms with E-state index in [1.807, 2.05) is 18.5 Å². The number of aromatic amines is 1. The zero-order valence-corrected chi connectivity index (χ0v) is 7.38. The molecule has 0 bridgehead atoms. The van der Waals surface area contributed by atoms with Crippen molar-refractivity contribution in [3.05, 3.63) is 24.0 Å². The second-order valence-corrected chi connectivity index (χ2v) is 3.03. The summed E-state index contributed by atoms with van der Waals surface area (Å²) in [6.45, 7) is 3.54. The Kier molecular flexibility index (Phi) is 3.84. The summed E-state index contributed by atoms with van der Waals surface area (Å²) in [7, 11) is 0. The van der Waals surface area contributed by atoms with Gasteiger partial charge in [-0.2, -0.15) is 0 Å². The van der Waals surface area contributed by atoms with Gasteiger partial charge in [-0.25, -0.2) is 0 Å². The summed E-state index contributed by atoms with van der Waals surface area (Å²) >= 11 is 0. The molecule has 68 valence electrons. The lowest BCUT2D eigenvalue weighted by atomic mass is 10.3. The maximum absolute atomic E-state index is 8.96. The van der Waals surface area contributed by atoms with E-state index < -0.39 is 0 Å². The van der Waals surface area contributed by atoms with Gasteiger partial charge >= 0.3 is 0 Å². The van der Waals surface area contributed by atoms with Crippen LogP contribution in [-0.2, 0) is 6.54 Å². The van der Waals surface area contributed by atoms with Gasteiger partial charge < -0.3 is 15.4 Å². The van der Waals surface area contributed by atoms with Crippen LogP contribution in [0.4, 0.5) is 0 Å². The molecule has 0 aliphatic rings. The quantitative estimate of drug-likeness (QED) is 0.571. The van der Waals surface area contributed by atoms with Gasteiger partial charge in [0.25, 0.3) is 0 Å². The van der Waals surface area contributed by atoms with Crippen LogP contribution in [0.3, 0.4) is 0 Å². The maximum Gasteiger partial charge on any atom is 0.0524 e. The van der Waals surface area contributed by atoms with Crippen molar-refractivity contribution in [1.82, 2.24) is 10.3 Å². The molecule has 0 fully saturated rings. The Morgan fingerprint density at radius 2 is 2.50 bits per heavy atom. The van der Waals surface area contributed by atoms with Crippen LogP contribution in [0.1, 0.15) is 18.9 Å². The molecule has 12 heavy (non-hydrogen) atoms. The van der Waals surface area contributed by atoms with Crippen molar-refractivity contribution in [2.24, 2.45) is 0 Å². The second kappa shape index (κ2) is 4.95. The predicted octanol–water partition coefficient (Wildman–Crippen LogP) is 0.875. The summed E-state index contributed by atoms with van der Waals surface area (Å²) in [5.74, 6) is 0. The van der Waals surface area contributed by atoms with Crippen LogP contribution in [0.25, 0.3) is 0 Å². The van der Waals surface area contributed by atoms with Crippen LogP contribution in [0, 0.1) is 0 Å². The molecule has 0 radical (unpaired) electrons. The number of aromatic nitrogens is 1. The summed E-state index contributed by atoms with van der Waals surface area (Å²) in [6.07, 6.45) is 4.48. The van der Waals surface area contributed by atoms with Crippen LogP contribution >= 0.6 is 0 Å². The number of H-pyrrole nitrogens is 1. The van der Waals surface area contributed by atoms with E-state index in [0.29, 0.717) is 0 Å². The van der Waals surface area contributed by atoms with Crippen molar-refractivity contribution in [2.45, 2.75) is 26.0 Å². The first-order valence-corrected chi connectivity index (χ1v) is 4.29. The van der Waals surface area contributed by atoms with E-state index in [0.717, 1.165) is 19.5 Å². The highest BCUT2D eigenvalue weighted by molar-refractivity contribution is 5.07. The SMILES string of the molecule is CC(O)CCNCc1cc[nH]c1. The molecule has 1 rings (SSSR count). The molecule has 1 aromatic rings. The lowest BCUT2D eigenvalue weighted by Gasteiger charge is -2.04. The Balaban J connectivity index is 2.04. The van der Waals surface area contributed by atoms with Crippen LogP contribution in [0.15, 0.2) is 18.5 Å². The molecule has 3 N–H and O–H groups in total. The molecule has 3 heteroatoms. The highest BCUT2D eigenvalue weighted by atomic mass is 16.3. The zero-order chi connectivity index (χ0) is 8.81. The molecule has 1 aromatic heterocycles. The fourth-order valence-electron chi connectivity index (χ4n) is 1.01. The van der Waals surface area contributed by atoms with E-state index in [-0.39, 0.29) is 6.10 Å². The monoisotopic (exact) mass is 168 g/mol. The van der Waals surface area contributed by atoms with Gasteiger partial charge in [0, 0.05) is 18.9 Å². The van der Waals surface area contributed by atoms with Crippen molar-refractivity contribution in [3.63, 3.8) is 0 Å². The molecule has 0 aliphatic heterocycles. The number of rotatable bonds is 5. The van der Waals surface area contributed by atoms with Gasteiger partial charge in [0.2, 0.25) is 0 Å². The average Bonchev–Trinajstić information content (AvgIpc) is 2.49. The number of hydrogen-bond acceptors (Lipinski definition) is 2. The van der Waals surface area contributed by atoms with Crippen molar-refractivity contribution in [1.29, 1.82) is 0 Å². The van der Waals surface area contributed by atoms with Crippen LogP contribution in [0.2, 0.25) is 0 Å². The predicted molar refractivity (Wildman–Crippen MR) is 48.8 cm³/mol. The van der Waals surface area contributed by atoms with E-state index in [4.69, 9.17) is 5.11 Å². The van der Waals surface area contributed by atoms with E-state index >= 15 is 0 Å². The Morgan fingerprint density at radius 3 is 3.08 bits per heavy atom. The van der Waals surface area contributed by atoms with Crippen molar-refractivity contribution in [2.75, 3.05) is 6.54 Å². The fourth-order valence-corrected chi connectivity index (χ4v) is 1.01. The molecule has 3 nitrogen and oxygen atoms in total. The number of aliphatic hydroxyl groups excluding tert-OH is 1. The van der Waals surface area contributed by atoms with Crippen molar-refractivity contribution < 1.29 is 5.11 Å². The first kappa shape index (κ1) is 9.29. The lowest BCUT2D eigenvalue weighted by Crippen LogP contribution is -2.18. The topological polar surface area (TPSA) is 48.0 Å². The molecule has 1 unspecified atom stereocenters. The molecule has 0 amide bonds. The van der Waals surface area contributed by atoms with Crippen molar-refractivity contribution >= 4 is 0 Å². The molecule has 0 spiro atoms. The van der Waals surface area contributed by atoms with Crippen LogP contribution in [-0.4, -0.2) is 22.7 Å². The molecule has 0 saturated carbocycles. The Bertz CT molecular complexity index is 194. The fraction of sp³-hybridized carbons (Fsp3) is 0.556. The van der Waals surface area contributed by atoms with Gasteiger partial charge in [0.15, 0.2) is 0 Å². The number of aliphatic hydroxyl groups is 1. The minimum atomic E-state index is -0.205. The highest BCUT2D eigenvalue weighted by Crippen LogP contribution is 1.95. The molecule has 0 aromatic carbocycles. The Morgan fingerprint density at radius 1 is 1.67 bits per heavy atom. The molecule has 0 aliphatic carbocycles. The smallest absolute Gasteiger partial charge is 0.0524 e. The van der Waals surface area contributed by atoms with E-state index in [1.165, 1.54) is 5.56 Å². The Labute approximate surface area is 72.8 Å². The molecule has 0 saturated heterocycles. The molecular weight excluding hydrogens is 152 g/mol. The lowest BCUT2D eigenvalue weighted by molar-refractivity contribution is 0.183. The van der Waals surface area contributed by atoms with E-state index in [9.17, 15) is 0 Å². The van der Waals surface area contributed by atoms with Crippen LogP contribution < -0.4 is 5.32 Å². The van der Waals surface area contributed by atoms with Gasteiger partial charge in [-0.05, 0) is 31.5 Å². The maximum atomic E-state index is 8.96. The van der Waals surface area contributed by atoms with Gasteiger partial charge in [0.1, 0.15) is 0 Å². The molecule has 1 heterocycles. The molecular formula is C9H16N2O. The minimum Gasteiger partial charge on any atom is -0.393 e. The Hall–Kier alpha value is -0.800. The zero-order valence-electron chi connectivity index (χ0n) is 7.38. The summed E-state index contributed by atoms with van der Waals surface area (Å²) in [4.78, 5) is 2.99. The van der Waals surface area contributed by atoms with Gasteiger partial charge in [0.05, 0.1) is 6.10 Å². The standard InChI is InChI=1S/C9H16N2O/c1-8(12)2-4-10-6-9-3-5-11-7-9/h3,5,7-8,10-12H,2,4,6H2,1H3. The summed E-state index contributed by atoms with van der Waals surface area (Å²) in [6, 6.07) is 2.04. The van der Waals surface area contributed by atoms with Gasteiger partial charge in [-0.1, -0.05) is 0 Å². The normalized spacial score (nSPS) is 13.2. The van der Waals surface area contributed by atoms with Gasteiger partial charge in [-0.15, -0.1) is 0 Å². The van der Waals surface area contributed by atoms with E-state index in [1.54, 1.807) is 6.92 Å². The first-order chi connectivity index (χ1) is 5.79. The summed E-state index contributed by atoms with van der Waals surface area (Å²) in [5.41, 5.74) is 1.25. The third-order valence-electron chi connectivity index (χ3n) is 1.73. The summed E-state index contributed by atoms with van der Waals surface area (Å²) < 4.78 is 0. The number of nitrogens with one attached hydrogen (secondary N) is 2. The highest BCUT2D eigenvalue weighted by Gasteiger charge is 1.95. The minimum absolute atomic E-state index is 0.205. The largest absolute Gasteiger partial charge is 0.393 e. The van der Waals surface area contributed by atoms with Crippen LogP contribution in [0.5, 0.6) is 0 Å². The van der Waals surface area contributed by atoms with Gasteiger partial charge in [-0.3, -0.25) is 0 Å². The van der Waals surface area contributed by atoms with E-state index in [2.05, 4.69) is 10.3 Å². The summed E-state index contributed by atoms with van der Waals surface area (Å²) in [5, 5.41) is 12.2. The third-order valence-corrected chi connectivity index (χ3v) is 1.73. The number of hydrogen-bond donors (Lipinski definition) is 3. The average molecular weight is 168 g/mol. The molecule has 1 atom stereocenters. The first-order valence-electron chi connectivity index (χ1n) is 4.29. The third kappa shape index (κ3) is 3.55. The second-order valence-electron chi connectivity index (χ2n) is 3.03. The van der Waals surface area contributed by atoms with Crippen molar-refractivity contribution in [3.8, 4) is 0 Å².